The molecule has 7 nitrogen and oxygen atoms in total. The van der Waals surface area contributed by atoms with Crippen LogP contribution in [-0.4, -0.2) is 33.5 Å². The third-order valence-electron chi connectivity index (χ3n) is 5.19. The van der Waals surface area contributed by atoms with Crippen molar-refractivity contribution in [3.05, 3.63) is 76.5 Å². The van der Waals surface area contributed by atoms with Gasteiger partial charge in [-0.2, -0.15) is 31.3 Å². The van der Waals surface area contributed by atoms with Crippen molar-refractivity contribution >= 4 is 15.5 Å². The number of rotatable bonds is 4. The fraction of sp³-hybridized carbons (Fsp3) is 0.182. The molecule has 0 aliphatic rings. The largest absolute Gasteiger partial charge is 0.417 e. The summed E-state index contributed by atoms with van der Waals surface area (Å²) in [4.78, 5) is 23.6. The normalized spacial score (nSPS) is 12.8. The Labute approximate surface area is 199 Å². The van der Waals surface area contributed by atoms with E-state index in [1.54, 1.807) is 0 Å². The van der Waals surface area contributed by atoms with Crippen LogP contribution in [0.4, 0.5) is 26.3 Å². The lowest BCUT2D eigenvalue weighted by molar-refractivity contribution is -0.138. The number of sulfone groups is 1. The van der Waals surface area contributed by atoms with Crippen molar-refractivity contribution in [1.29, 1.82) is 0 Å². The van der Waals surface area contributed by atoms with E-state index in [1.165, 1.54) is 13.0 Å². The van der Waals surface area contributed by atoms with Gasteiger partial charge in [0.2, 0.25) is 0 Å². The van der Waals surface area contributed by atoms with Crippen molar-refractivity contribution < 1.29 is 34.8 Å². The Balaban J connectivity index is 1.91. The number of hydrogen-bond acceptors (Lipinski definition) is 6. The topological polar surface area (TPSA) is 94.3 Å². The van der Waals surface area contributed by atoms with E-state index in [0.29, 0.717) is 16.7 Å². The maximum absolute atomic E-state index is 13.1. The molecule has 0 radical (unpaired) electrons. The highest BCUT2D eigenvalue weighted by molar-refractivity contribution is 7.91. The van der Waals surface area contributed by atoms with Crippen LogP contribution in [0.5, 0.6) is 0 Å². The lowest BCUT2D eigenvalue weighted by Gasteiger charge is -2.13. The molecule has 0 fully saturated rings. The first-order valence-corrected chi connectivity index (χ1v) is 11.7. The minimum Gasteiger partial charge on any atom is -0.251 e. The number of aromatic nitrogens is 4. The summed E-state index contributed by atoms with van der Waals surface area (Å²) in [5, 5.41) is 0. The van der Waals surface area contributed by atoms with Crippen molar-refractivity contribution in [2.75, 3.05) is 5.75 Å². The maximum Gasteiger partial charge on any atom is 0.417 e. The molecule has 0 atom stereocenters. The molecular formula is C22H14F6N4O3S. The first kappa shape index (κ1) is 25.3. The molecule has 0 unspecified atom stereocenters. The predicted molar refractivity (Wildman–Crippen MR) is 116 cm³/mol. The van der Waals surface area contributed by atoms with Gasteiger partial charge >= 0.3 is 18.0 Å². The van der Waals surface area contributed by atoms with Crippen molar-refractivity contribution in [1.82, 2.24) is 19.4 Å². The molecule has 0 spiro atoms. The molecule has 0 N–H and O–H groups in total. The summed E-state index contributed by atoms with van der Waals surface area (Å²) in [7, 11) is -4.06. The summed E-state index contributed by atoms with van der Waals surface area (Å²) in [5.74, 6) is -0.891. The summed E-state index contributed by atoms with van der Waals surface area (Å²) in [5.41, 5.74) is -3.77. The zero-order chi connectivity index (χ0) is 26.5. The van der Waals surface area contributed by atoms with Gasteiger partial charge in [-0.1, -0.05) is 19.1 Å². The van der Waals surface area contributed by atoms with Gasteiger partial charge in [0.25, 0.3) is 0 Å². The van der Waals surface area contributed by atoms with E-state index in [2.05, 4.69) is 15.0 Å². The quantitative estimate of drug-likeness (QED) is 0.358. The van der Waals surface area contributed by atoms with Crippen LogP contribution < -0.4 is 5.69 Å². The molecule has 3 heterocycles. The molecular weight excluding hydrogens is 514 g/mol. The predicted octanol–water partition coefficient (Wildman–Crippen LogP) is 4.65. The van der Waals surface area contributed by atoms with Crippen LogP contribution in [0, 0.1) is 0 Å². The molecule has 0 bridgehead atoms. The highest BCUT2D eigenvalue weighted by atomic mass is 32.2. The fourth-order valence-electron chi connectivity index (χ4n) is 3.33. The van der Waals surface area contributed by atoms with Crippen LogP contribution in [0.15, 0.2) is 64.5 Å². The molecule has 188 valence electrons. The number of benzene rings is 1. The van der Waals surface area contributed by atoms with E-state index < -0.39 is 55.5 Å². The van der Waals surface area contributed by atoms with Crippen LogP contribution in [0.3, 0.4) is 0 Å². The zero-order valence-electron chi connectivity index (χ0n) is 18.1. The Hall–Kier alpha value is -3.81. The number of pyridine rings is 2. The van der Waals surface area contributed by atoms with Crippen molar-refractivity contribution in [3.63, 3.8) is 0 Å². The number of alkyl halides is 6. The smallest absolute Gasteiger partial charge is 0.251 e. The first-order chi connectivity index (χ1) is 16.7. The Kier molecular flexibility index (Phi) is 6.11. The van der Waals surface area contributed by atoms with Crippen molar-refractivity contribution in [3.8, 4) is 22.6 Å². The second-order valence-corrected chi connectivity index (χ2v) is 9.77. The number of halogens is 6. The minimum absolute atomic E-state index is 0.0376. The van der Waals surface area contributed by atoms with E-state index in [4.69, 9.17) is 0 Å². The summed E-state index contributed by atoms with van der Waals surface area (Å²) in [6.45, 7) is 1.32. The summed E-state index contributed by atoms with van der Waals surface area (Å²) >= 11 is 0. The van der Waals surface area contributed by atoms with Gasteiger partial charge in [0.05, 0.1) is 21.8 Å². The van der Waals surface area contributed by atoms with Crippen LogP contribution >= 0.6 is 0 Å². The summed E-state index contributed by atoms with van der Waals surface area (Å²) in [6, 6.07) is 6.88. The lowest BCUT2D eigenvalue weighted by atomic mass is 10.0. The molecule has 3 aromatic heterocycles. The number of hydrogen-bond donors (Lipinski definition) is 0. The first-order valence-electron chi connectivity index (χ1n) is 10.1. The average Bonchev–Trinajstić information content (AvgIpc) is 2.82. The van der Waals surface area contributed by atoms with Gasteiger partial charge in [-0.3, -0.25) is 9.38 Å². The summed E-state index contributed by atoms with van der Waals surface area (Å²) in [6.07, 6.45) is -7.75. The molecule has 0 saturated heterocycles. The van der Waals surface area contributed by atoms with Gasteiger partial charge in [0, 0.05) is 18.0 Å². The molecule has 0 amide bonds. The average molecular weight is 528 g/mol. The lowest BCUT2D eigenvalue weighted by Crippen LogP contribution is -2.21. The van der Waals surface area contributed by atoms with Crippen LogP contribution in [0.25, 0.3) is 28.3 Å². The van der Waals surface area contributed by atoms with Gasteiger partial charge in [-0.15, -0.1) is 0 Å². The van der Waals surface area contributed by atoms with Crippen molar-refractivity contribution in [2.45, 2.75) is 24.2 Å². The molecule has 4 aromatic rings. The maximum atomic E-state index is 13.1. The highest BCUT2D eigenvalue weighted by Crippen LogP contribution is 2.34. The second-order valence-electron chi connectivity index (χ2n) is 7.53. The molecule has 36 heavy (non-hydrogen) atoms. The van der Waals surface area contributed by atoms with Crippen LogP contribution in [0.1, 0.15) is 18.1 Å². The standard InChI is InChI=1S/C22H14F6N4O3S/c1-2-36(34,35)16-9-13(12-4-3-5-14(8-12)21(23,24)25)10-29-18(16)19-30-17-7-6-15(22(26,27)28)11-32(17)20(33)31-19/h3-11H,2H2,1H3. The molecule has 14 heteroatoms. The van der Waals surface area contributed by atoms with E-state index in [1.807, 2.05) is 0 Å². The Morgan fingerprint density at radius 2 is 1.58 bits per heavy atom. The zero-order valence-corrected chi connectivity index (χ0v) is 18.9. The van der Waals surface area contributed by atoms with E-state index in [9.17, 15) is 39.6 Å². The van der Waals surface area contributed by atoms with Gasteiger partial charge in [0.15, 0.2) is 15.7 Å². The van der Waals surface area contributed by atoms with Gasteiger partial charge < -0.3 is 0 Å². The van der Waals surface area contributed by atoms with E-state index >= 15 is 0 Å². The Bertz CT molecular complexity index is 1650. The molecule has 0 saturated carbocycles. The van der Waals surface area contributed by atoms with Crippen molar-refractivity contribution in [2.24, 2.45) is 0 Å². The highest BCUT2D eigenvalue weighted by Gasteiger charge is 2.32. The monoisotopic (exact) mass is 528 g/mol. The van der Waals surface area contributed by atoms with Gasteiger partial charge in [-0.25, -0.2) is 18.2 Å². The summed E-state index contributed by atoms with van der Waals surface area (Å²) < 4.78 is 105. The van der Waals surface area contributed by atoms with E-state index in [0.717, 1.165) is 36.5 Å². The molecule has 0 aliphatic carbocycles. The SMILES string of the molecule is CCS(=O)(=O)c1cc(-c2cccc(C(F)(F)F)c2)cnc1-c1nc(=O)n2cc(C(F)(F)F)ccc2n1. The van der Waals surface area contributed by atoms with Gasteiger partial charge in [-0.05, 0) is 35.9 Å². The fourth-order valence-corrected chi connectivity index (χ4v) is 4.38. The second kappa shape index (κ2) is 8.69. The molecule has 4 rings (SSSR count). The van der Waals surface area contributed by atoms with E-state index in [-0.39, 0.29) is 22.5 Å². The molecule has 0 aliphatic heterocycles. The van der Waals surface area contributed by atoms with Gasteiger partial charge in [0.1, 0.15) is 11.3 Å². The van der Waals surface area contributed by atoms with Crippen LogP contribution in [0.2, 0.25) is 0 Å². The molecule has 1 aromatic carbocycles. The van der Waals surface area contributed by atoms with Crippen LogP contribution in [-0.2, 0) is 22.2 Å². The Morgan fingerprint density at radius 1 is 0.889 bits per heavy atom. The number of nitrogens with zero attached hydrogens (tertiary/aromatic N) is 4. The third kappa shape index (κ3) is 4.80. The number of fused-ring (bicyclic) bond motifs is 1. The third-order valence-corrected chi connectivity index (χ3v) is 6.93. The Morgan fingerprint density at radius 3 is 2.22 bits per heavy atom. The minimum atomic E-state index is -4.73.